The van der Waals surface area contributed by atoms with Crippen molar-refractivity contribution < 1.29 is 9.18 Å². The number of likely N-dealkylation sites (tertiary alicyclic amines) is 1. The predicted octanol–water partition coefficient (Wildman–Crippen LogP) is 4.07. The average Bonchev–Trinajstić information content (AvgIpc) is 3.31. The van der Waals surface area contributed by atoms with Crippen LogP contribution in [-0.2, 0) is 4.79 Å². The predicted molar refractivity (Wildman–Crippen MR) is 81.8 cm³/mol. The van der Waals surface area contributed by atoms with Gasteiger partial charge in [-0.25, -0.2) is 4.39 Å². The summed E-state index contributed by atoms with van der Waals surface area (Å²) >= 11 is 0. The molecule has 1 amide bonds. The van der Waals surface area contributed by atoms with E-state index < -0.39 is 0 Å². The number of rotatable bonds is 3. The largest absolute Gasteiger partial charge is 0.342 e. The molecule has 1 heterocycles. The number of amides is 1. The van der Waals surface area contributed by atoms with Crippen molar-refractivity contribution in [2.24, 2.45) is 5.92 Å². The lowest BCUT2D eigenvalue weighted by Gasteiger charge is -2.33. The maximum Gasteiger partial charge on any atom is 0.225 e. The SMILES string of the molecule is CC(C)c1cccc(C2CCCN(C(=O)C3CC3)C2)c1F. The summed E-state index contributed by atoms with van der Waals surface area (Å²) in [6.07, 6.45) is 4.04. The van der Waals surface area contributed by atoms with Gasteiger partial charge >= 0.3 is 0 Å². The van der Waals surface area contributed by atoms with E-state index in [2.05, 4.69) is 0 Å². The molecule has 21 heavy (non-hydrogen) atoms. The van der Waals surface area contributed by atoms with E-state index in [4.69, 9.17) is 0 Å². The van der Waals surface area contributed by atoms with Crippen molar-refractivity contribution in [1.82, 2.24) is 4.90 Å². The number of hydrogen-bond acceptors (Lipinski definition) is 1. The highest BCUT2D eigenvalue weighted by Crippen LogP contribution is 2.36. The second-order valence-corrected chi connectivity index (χ2v) is 6.80. The number of halogens is 1. The van der Waals surface area contributed by atoms with Crippen LogP contribution in [0, 0.1) is 11.7 Å². The van der Waals surface area contributed by atoms with Crippen molar-refractivity contribution in [3.05, 3.63) is 35.1 Å². The van der Waals surface area contributed by atoms with Gasteiger partial charge < -0.3 is 4.90 Å². The lowest BCUT2D eigenvalue weighted by Crippen LogP contribution is -2.40. The fraction of sp³-hybridized carbons (Fsp3) is 0.611. The van der Waals surface area contributed by atoms with Gasteiger partial charge in [0, 0.05) is 24.9 Å². The summed E-state index contributed by atoms with van der Waals surface area (Å²) in [5.74, 6) is 0.840. The summed E-state index contributed by atoms with van der Waals surface area (Å²) in [6.45, 7) is 5.57. The zero-order valence-corrected chi connectivity index (χ0v) is 12.9. The Balaban J connectivity index is 1.79. The van der Waals surface area contributed by atoms with E-state index in [1.807, 2.05) is 36.9 Å². The smallest absolute Gasteiger partial charge is 0.225 e. The highest BCUT2D eigenvalue weighted by Gasteiger charge is 2.36. The third-order valence-electron chi connectivity index (χ3n) is 4.78. The molecule has 114 valence electrons. The molecule has 3 heteroatoms. The third-order valence-corrected chi connectivity index (χ3v) is 4.78. The number of carbonyl (C=O) groups is 1. The molecule has 1 aliphatic carbocycles. The Kier molecular flexibility index (Phi) is 4.01. The van der Waals surface area contributed by atoms with Crippen LogP contribution in [0.3, 0.4) is 0 Å². The van der Waals surface area contributed by atoms with Crippen LogP contribution in [0.1, 0.15) is 62.5 Å². The van der Waals surface area contributed by atoms with E-state index in [1.165, 1.54) is 0 Å². The number of benzene rings is 1. The molecular formula is C18H24FNO. The Morgan fingerprint density at radius 3 is 2.71 bits per heavy atom. The molecule has 1 atom stereocenters. The molecule has 2 nitrogen and oxygen atoms in total. The van der Waals surface area contributed by atoms with E-state index in [1.54, 1.807) is 0 Å². The quantitative estimate of drug-likeness (QED) is 0.821. The molecule has 0 bridgehead atoms. The van der Waals surface area contributed by atoms with Crippen LogP contribution in [0.2, 0.25) is 0 Å². The second kappa shape index (κ2) is 5.78. The van der Waals surface area contributed by atoms with Gasteiger partial charge in [0.15, 0.2) is 0 Å². The van der Waals surface area contributed by atoms with Crippen molar-refractivity contribution in [2.45, 2.75) is 51.4 Å². The summed E-state index contributed by atoms with van der Waals surface area (Å²) in [5.41, 5.74) is 1.59. The van der Waals surface area contributed by atoms with Crippen molar-refractivity contribution in [3.8, 4) is 0 Å². The molecule has 1 aliphatic heterocycles. The van der Waals surface area contributed by atoms with Crippen LogP contribution in [-0.4, -0.2) is 23.9 Å². The number of piperidine rings is 1. The first-order valence-corrected chi connectivity index (χ1v) is 8.15. The molecule has 2 aliphatic rings. The molecule has 0 aromatic heterocycles. The zero-order chi connectivity index (χ0) is 15.0. The summed E-state index contributed by atoms with van der Waals surface area (Å²) in [6, 6.07) is 5.73. The molecular weight excluding hydrogens is 265 g/mol. The van der Waals surface area contributed by atoms with Gasteiger partial charge in [0.2, 0.25) is 5.91 Å². The van der Waals surface area contributed by atoms with E-state index in [9.17, 15) is 9.18 Å². The van der Waals surface area contributed by atoms with Crippen LogP contribution in [0.4, 0.5) is 4.39 Å². The van der Waals surface area contributed by atoms with Crippen LogP contribution >= 0.6 is 0 Å². The number of carbonyl (C=O) groups excluding carboxylic acids is 1. The van der Waals surface area contributed by atoms with E-state index in [-0.39, 0.29) is 23.6 Å². The van der Waals surface area contributed by atoms with Gasteiger partial charge in [-0.15, -0.1) is 0 Å². The summed E-state index contributed by atoms with van der Waals surface area (Å²) in [7, 11) is 0. The van der Waals surface area contributed by atoms with E-state index in [0.29, 0.717) is 12.5 Å². The van der Waals surface area contributed by atoms with Gasteiger partial charge in [-0.05, 0) is 42.7 Å². The average molecular weight is 289 g/mol. The summed E-state index contributed by atoms with van der Waals surface area (Å²) < 4.78 is 14.7. The zero-order valence-electron chi connectivity index (χ0n) is 12.9. The monoisotopic (exact) mass is 289 g/mol. The van der Waals surface area contributed by atoms with Gasteiger partial charge in [0.05, 0.1) is 0 Å². The second-order valence-electron chi connectivity index (χ2n) is 6.80. The van der Waals surface area contributed by atoms with Crippen molar-refractivity contribution in [1.29, 1.82) is 0 Å². The molecule has 3 rings (SSSR count). The molecule has 0 spiro atoms. The van der Waals surface area contributed by atoms with Gasteiger partial charge in [0.1, 0.15) is 5.82 Å². The van der Waals surface area contributed by atoms with Crippen LogP contribution in [0.5, 0.6) is 0 Å². The van der Waals surface area contributed by atoms with Crippen molar-refractivity contribution in [3.63, 3.8) is 0 Å². The van der Waals surface area contributed by atoms with Gasteiger partial charge in [-0.3, -0.25) is 4.79 Å². The Labute approximate surface area is 126 Å². The highest BCUT2D eigenvalue weighted by molar-refractivity contribution is 5.81. The van der Waals surface area contributed by atoms with Crippen LogP contribution in [0.15, 0.2) is 18.2 Å². The maximum absolute atomic E-state index is 14.7. The Morgan fingerprint density at radius 1 is 1.29 bits per heavy atom. The Bertz CT molecular complexity index is 536. The first-order chi connectivity index (χ1) is 10.1. The molecule has 1 saturated carbocycles. The maximum atomic E-state index is 14.7. The Hall–Kier alpha value is -1.38. The summed E-state index contributed by atoms with van der Waals surface area (Å²) in [4.78, 5) is 14.2. The topological polar surface area (TPSA) is 20.3 Å². The molecule has 1 unspecified atom stereocenters. The van der Waals surface area contributed by atoms with Crippen molar-refractivity contribution in [2.75, 3.05) is 13.1 Å². The minimum Gasteiger partial charge on any atom is -0.342 e. The highest BCUT2D eigenvalue weighted by atomic mass is 19.1. The van der Waals surface area contributed by atoms with E-state index in [0.717, 1.165) is 43.4 Å². The standard InChI is InChI=1S/C18H24FNO/c1-12(2)15-6-3-7-16(17(15)19)14-5-4-10-20(11-14)18(21)13-8-9-13/h3,6-7,12-14H,4-5,8-11H2,1-2H3. The molecule has 1 aromatic carbocycles. The van der Waals surface area contributed by atoms with Gasteiger partial charge in [0.25, 0.3) is 0 Å². The van der Waals surface area contributed by atoms with Gasteiger partial charge in [-0.1, -0.05) is 32.0 Å². The molecule has 0 radical (unpaired) electrons. The van der Waals surface area contributed by atoms with Crippen molar-refractivity contribution >= 4 is 5.91 Å². The first-order valence-electron chi connectivity index (χ1n) is 8.15. The van der Waals surface area contributed by atoms with Crippen LogP contribution in [0.25, 0.3) is 0 Å². The minimum atomic E-state index is -0.0572. The molecule has 1 saturated heterocycles. The number of nitrogens with zero attached hydrogens (tertiary/aromatic N) is 1. The van der Waals surface area contributed by atoms with E-state index >= 15 is 0 Å². The van der Waals surface area contributed by atoms with Gasteiger partial charge in [-0.2, -0.15) is 0 Å². The summed E-state index contributed by atoms with van der Waals surface area (Å²) in [5, 5.41) is 0. The fourth-order valence-corrected chi connectivity index (χ4v) is 3.35. The Morgan fingerprint density at radius 2 is 2.05 bits per heavy atom. The lowest BCUT2D eigenvalue weighted by atomic mass is 9.87. The lowest BCUT2D eigenvalue weighted by molar-refractivity contribution is -0.133. The minimum absolute atomic E-state index is 0.0572. The molecule has 2 fully saturated rings. The third kappa shape index (κ3) is 2.97. The molecule has 1 aromatic rings. The fourth-order valence-electron chi connectivity index (χ4n) is 3.35. The molecule has 0 N–H and O–H groups in total. The number of hydrogen-bond donors (Lipinski definition) is 0. The first kappa shape index (κ1) is 14.6. The van der Waals surface area contributed by atoms with Crippen LogP contribution < -0.4 is 0 Å². The normalized spacial score (nSPS) is 22.7.